The number of benzene rings is 4. The van der Waals surface area contributed by atoms with Crippen molar-refractivity contribution in [2.75, 3.05) is 13.4 Å². The minimum atomic E-state index is -4.40. The maximum atomic E-state index is 12.5. The second kappa shape index (κ2) is 16.9. The largest absolute Gasteiger partial charge is 0.485 e. The fraction of sp³-hybridized carbons (Fsp3) is 0.152. The van der Waals surface area contributed by atoms with E-state index in [2.05, 4.69) is 37.0 Å². The molecule has 0 bridgehead atoms. The molecular formula is C33H28BrF3N4O6. The van der Waals surface area contributed by atoms with Crippen molar-refractivity contribution in [1.29, 1.82) is 0 Å². The fourth-order valence-corrected chi connectivity index (χ4v) is 4.32. The van der Waals surface area contributed by atoms with E-state index in [4.69, 9.17) is 19.3 Å². The topological polar surface area (TPSA) is 131 Å². The van der Waals surface area contributed by atoms with Gasteiger partial charge in [0.25, 0.3) is 5.91 Å². The summed E-state index contributed by atoms with van der Waals surface area (Å²) in [6.45, 7) is -0.308. The number of alkyl halides is 3. The first-order valence-electron chi connectivity index (χ1n) is 13.9. The summed E-state index contributed by atoms with van der Waals surface area (Å²) in [5, 5.41) is 16.4. The predicted octanol–water partition coefficient (Wildman–Crippen LogP) is 5.47. The number of hydrogen-bond donors (Lipinski definition) is 3. The lowest BCUT2D eigenvalue weighted by molar-refractivity contribution is -0.137. The Bertz CT molecular complexity index is 1720. The molecule has 0 aromatic heterocycles. The molecule has 1 heterocycles. The number of ether oxygens (including phenoxy) is 3. The number of aliphatic hydroxyl groups excluding tert-OH is 1. The molecule has 0 spiro atoms. The first kappa shape index (κ1) is 34.7. The second-order valence-electron chi connectivity index (χ2n) is 9.63. The van der Waals surface area contributed by atoms with Gasteiger partial charge in [0.05, 0.1) is 24.4 Å². The fourth-order valence-electron chi connectivity index (χ4n) is 3.97. The zero-order valence-corrected chi connectivity index (χ0v) is 26.1. The number of carbonyl (C=O) groups is 2. The molecule has 244 valence electrons. The van der Waals surface area contributed by atoms with Crippen molar-refractivity contribution in [2.24, 2.45) is 10.2 Å². The van der Waals surface area contributed by atoms with Crippen LogP contribution in [0.1, 0.15) is 22.3 Å². The van der Waals surface area contributed by atoms with Gasteiger partial charge in [-0.15, -0.1) is 0 Å². The van der Waals surface area contributed by atoms with Crippen LogP contribution in [0.15, 0.2) is 112 Å². The van der Waals surface area contributed by atoms with E-state index < -0.39 is 30.5 Å². The van der Waals surface area contributed by atoms with E-state index in [9.17, 15) is 22.8 Å². The highest BCUT2D eigenvalue weighted by Gasteiger charge is 2.30. The average Bonchev–Trinajstić information content (AvgIpc) is 3.06. The third-order valence-corrected chi connectivity index (χ3v) is 6.92. The number of rotatable bonds is 9. The van der Waals surface area contributed by atoms with Crippen molar-refractivity contribution >= 4 is 40.2 Å². The zero-order valence-electron chi connectivity index (χ0n) is 24.5. The van der Waals surface area contributed by atoms with Crippen LogP contribution in [-0.4, -0.2) is 48.9 Å². The average molecular weight is 714 g/mol. The smallest absolute Gasteiger partial charge is 0.416 e. The van der Waals surface area contributed by atoms with Gasteiger partial charge < -0.3 is 19.3 Å². The number of halogens is 4. The molecule has 1 aliphatic heterocycles. The lowest BCUT2D eigenvalue weighted by Gasteiger charge is -2.24. The number of hydrogen-bond acceptors (Lipinski definition) is 8. The van der Waals surface area contributed by atoms with E-state index in [0.29, 0.717) is 22.8 Å². The molecular weight excluding hydrogens is 685 g/mol. The van der Waals surface area contributed by atoms with Gasteiger partial charge in [-0.2, -0.15) is 23.4 Å². The minimum Gasteiger partial charge on any atom is -0.485 e. The molecule has 14 heteroatoms. The van der Waals surface area contributed by atoms with Gasteiger partial charge in [-0.3, -0.25) is 9.59 Å². The van der Waals surface area contributed by atoms with E-state index >= 15 is 0 Å². The SMILES string of the molecule is O=C(Cc1ccccc1)N/N=C/c1cccc(C(F)(F)F)c1.O=C(N/N=C/c1cc(OCO)ccc1Br)C1COc2ccccc2O1. The van der Waals surface area contributed by atoms with Crippen molar-refractivity contribution < 1.29 is 42.1 Å². The van der Waals surface area contributed by atoms with E-state index in [-0.39, 0.29) is 24.5 Å². The van der Waals surface area contributed by atoms with Crippen LogP contribution in [0.5, 0.6) is 17.2 Å². The summed E-state index contributed by atoms with van der Waals surface area (Å²) in [4.78, 5) is 23.8. The number of hydrazone groups is 2. The number of nitrogens with one attached hydrogen (secondary N) is 2. The molecule has 1 aliphatic rings. The lowest BCUT2D eigenvalue weighted by Crippen LogP contribution is -2.42. The number of fused-ring (bicyclic) bond motifs is 1. The molecule has 5 rings (SSSR count). The molecule has 0 aliphatic carbocycles. The van der Waals surface area contributed by atoms with Gasteiger partial charge in [-0.1, -0.05) is 70.5 Å². The van der Waals surface area contributed by atoms with Gasteiger partial charge in [0, 0.05) is 10.0 Å². The van der Waals surface area contributed by atoms with Gasteiger partial charge in [0.15, 0.2) is 18.3 Å². The van der Waals surface area contributed by atoms with Crippen LogP contribution in [0.25, 0.3) is 0 Å². The number of aliphatic hydroxyl groups is 1. The maximum absolute atomic E-state index is 12.5. The summed E-state index contributed by atoms with van der Waals surface area (Å²) >= 11 is 3.38. The standard InChI is InChI=1S/C17H15BrN2O5.C16H13F3N2O/c18-13-6-5-12(24-10-21)7-11(13)8-19-20-17(22)16-9-23-14-3-1-2-4-15(14)25-16;17-16(18,19)14-8-4-7-13(9-14)11-20-21-15(22)10-12-5-2-1-3-6-12/h1-8,16,21H,9-10H2,(H,20,22);1-9,11H,10H2,(H,21,22)/b19-8+;20-11+. The second-order valence-corrected chi connectivity index (χ2v) is 10.5. The van der Waals surface area contributed by atoms with Crippen LogP contribution < -0.4 is 25.1 Å². The first-order chi connectivity index (χ1) is 22.6. The van der Waals surface area contributed by atoms with Crippen molar-refractivity contribution in [1.82, 2.24) is 10.9 Å². The number of amides is 2. The highest BCUT2D eigenvalue weighted by Crippen LogP contribution is 2.31. The highest BCUT2D eigenvalue weighted by molar-refractivity contribution is 9.10. The summed E-state index contributed by atoms with van der Waals surface area (Å²) in [6, 6.07) is 26.1. The normalized spacial score (nSPS) is 13.9. The summed E-state index contributed by atoms with van der Waals surface area (Å²) in [7, 11) is 0. The molecule has 47 heavy (non-hydrogen) atoms. The van der Waals surface area contributed by atoms with Crippen LogP contribution in [0.3, 0.4) is 0 Å². The van der Waals surface area contributed by atoms with Crippen LogP contribution in [0.2, 0.25) is 0 Å². The Morgan fingerprint density at radius 1 is 0.915 bits per heavy atom. The highest BCUT2D eigenvalue weighted by atomic mass is 79.9. The molecule has 2 amide bonds. The summed E-state index contributed by atoms with van der Waals surface area (Å²) in [6.07, 6.45) is -2.39. The Morgan fingerprint density at radius 2 is 1.64 bits per heavy atom. The van der Waals surface area contributed by atoms with Crippen molar-refractivity contribution in [3.05, 3.63) is 124 Å². The Labute approximate surface area is 276 Å². The summed E-state index contributed by atoms with van der Waals surface area (Å²) < 4.78 is 54.5. The molecule has 1 atom stereocenters. The maximum Gasteiger partial charge on any atom is 0.416 e. The van der Waals surface area contributed by atoms with Crippen molar-refractivity contribution in [3.63, 3.8) is 0 Å². The Hall–Kier alpha value is -5.21. The quantitative estimate of drug-likeness (QED) is 0.120. The van der Waals surface area contributed by atoms with Gasteiger partial charge in [-0.25, -0.2) is 10.9 Å². The molecule has 4 aromatic rings. The third-order valence-electron chi connectivity index (χ3n) is 6.20. The predicted molar refractivity (Wildman–Crippen MR) is 171 cm³/mol. The van der Waals surface area contributed by atoms with Gasteiger partial charge >= 0.3 is 6.18 Å². The van der Waals surface area contributed by atoms with E-state index in [1.807, 2.05) is 24.3 Å². The van der Waals surface area contributed by atoms with Crippen molar-refractivity contribution in [2.45, 2.75) is 18.7 Å². The zero-order chi connectivity index (χ0) is 33.6. The Balaban J connectivity index is 0.000000215. The molecule has 0 fully saturated rings. The van der Waals surface area contributed by atoms with E-state index in [1.54, 1.807) is 48.5 Å². The lowest BCUT2D eigenvalue weighted by atomic mass is 10.1. The molecule has 4 aromatic carbocycles. The Kier molecular flexibility index (Phi) is 12.5. The van der Waals surface area contributed by atoms with E-state index in [1.165, 1.54) is 24.6 Å². The Morgan fingerprint density at radius 3 is 2.38 bits per heavy atom. The minimum absolute atomic E-state index is 0.113. The number of carbonyl (C=O) groups excluding carboxylic acids is 2. The van der Waals surface area contributed by atoms with Crippen LogP contribution in [0, 0.1) is 0 Å². The molecule has 0 saturated carbocycles. The summed E-state index contributed by atoms with van der Waals surface area (Å²) in [5.41, 5.74) is 5.72. The molecule has 3 N–H and O–H groups in total. The molecule has 0 radical (unpaired) electrons. The van der Waals surface area contributed by atoms with E-state index in [0.717, 1.165) is 22.2 Å². The number of para-hydroxylation sites is 2. The van der Waals surface area contributed by atoms with Gasteiger partial charge in [0.2, 0.25) is 12.0 Å². The monoisotopic (exact) mass is 712 g/mol. The molecule has 10 nitrogen and oxygen atoms in total. The van der Waals surface area contributed by atoms with Crippen LogP contribution in [0.4, 0.5) is 13.2 Å². The third kappa shape index (κ3) is 11.0. The number of nitrogens with zero attached hydrogens (tertiary/aromatic N) is 2. The van der Waals surface area contributed by atoms with Crippen LogP contribution in [-0.2, 0) is 22.2 Å². The van der Waals surface area contributed by atoms with Crippen molar-refractivity contribution in [3.8, 4) is 17.2 Å². The molecule has 0 saturated heterocycles. The van der Waals surface area contributed by atoms with Crippen LogP contribution >= 0.6 is 15.9 Å². The summed E-state index contributed by atoms with van der Waals surface area (Å²) in [5.74, 6) is 0.868. The molecule has 1 unspecified atom stereocenters. The first-order valence-corrected chi connectivity index (χ1v) is 14.7. The van der Waals surface area contributed by atoms with Gasteiger partial charge in [0.1, 0.15) is 12.4 Å². The van der Waals surface area contributed by atoms with Gasteiger partial charge in [-0.05, 0) is 53.6 Å².